The van der Waals surface area contributed by atoms with Gasteiger partial charge < -0.3 is 19.3 Å². The van der Waals surface area contributed by atoms with E-state index in [4.69, 9.17) is 9.47 Å². The molecule has 8 heteroatoms. The van der Waals surface area contributed by atoms with Gasteiger partial charge in [0.05, 0.1) is 31.1 Å². The molecule has 4 rings (SSSR count). The SMILES string of the molecule is COCCOc1ccc2c(c1)C(c1cc(N3CCN(C)C(=O)C3)ncn1)=NC2. The number of ether oxygens (including phenoxy) is 2. The zero-order valence-corrected chi connectivity index (χ0v) is 16.1. The number of aliphatic imine (C=N–C) groups is 1. The predicted molar refractivity (Wildman–Crippen MR) is 105 cm³/mol. The van der Waals surface area contributed by atoms with E-state index < -0.39 is 0 Å². The molecule has 1 aromatic carbocycles. The van der Waals surface area contributed by atoms with E-state index in [-0.39, 0.29) is 5.91 Å². The summed E-state index contributed by atoms with van der Waals surface area (Å²) in [5.41, 5.74) is 3.75. The summed E-state index contributed by atoms with van der Waals surface area (Å²) in [7, 11) is 3.47. The molecule has 1 amide bonds. The van der Waals surface area contributed by atoms with Gasteiger partial charge in [-0.3, -0.25) is 9.79 Å². The highest BCUT2D eigenvalue weighted by Crippen LogP contribution is 2.27. The number of carbonyl (C=O) groups excluding carboxylic acids is 1. The fourth-order valence-electron chi connectivity index (χ4n) is 3.32. The maximum Gasteiger partial charge on any atom is 0.241 e. The van der Waals surface area contributed by atoms with Gasteiger partial charge in [0.25, 0.3) is 0 Å². The van der Waals surface area contributed by atoms with Crippen LogP contribution in [0.1, 0.15) is 16.8 Å². The van der Waals surface area contributed by atoms with Gasteiger partial charge in [-0.15, -0.1) is 0 Å². The lowest BCUT2D eigenvalue weighted by molar-refractivity contribution is -0.129. The number of amides is 1. The Bertz CT molecular complexity index is 914. The molecule has 0 unspecified atom stereocenters. The van der Waals surface area contributed by atoms with E-state index in [1.54, 1.807) is 12.0 Å². The number of nitrogens with zero attached hydrogens (tertiary/aromatic N) is 5. The lowest BCUT2D eigenvalue weighted by Crippen LogP contribution is -2.48. The largest absolute Gasteiger partial charge is 0.491 e. The Morgan fingerprint density at radius 2 is 2.04 bits per heavy atom. The van der Waals surface area contributed by atoms with Gasteiger partial charge in [-0.1, -0.05) is 6.07 Å². The predicted octanol–water partition coefficient (Wildman–Crippen LogP) is 1.13. The summed E-state index contributed by atoms with van der Waals surface area (Å²) in [4.78, 5) is 29.2. The van der Waals surface area contributed by atoms with Crippen LogP contribution in [-0.4, -0.2) is 73.5 Å². The van der Waals surface area contributed by atoms with E-state index in [0.29, 0.717) is 32.8 Å². The van der Waals surface area contributed by atoms with Crippen LogP contribution in [0.5, 0.6) is 5.75 Å². The van der Waals surface area contributed by atoms with Crippen molar-refractivity contribution in [1.82, 2.24) is 14.9 Å². The fourth-order valence-corrected chi connectivity index (χ4v) is 3.32. The minimum Gasteiger partial charge on any atom is -0.491 e. The summed E-state index contributed by atoms with van der Waals surface area (Å²) < 4.78 is 10.8. The molecule has 1 aromatic heterocycles. The van der Waals surface area contributed by atoms with Gasteiger partial charge in [-0.05, 0) is 17.7 Å². The fraction of sp³-hybridized carbons (Fsp3) is 0.400. The van der Waals surface area contributed by atoms with Gasteiger partial charge in [-0.25, -0.2) is 9.97 Å². The van der Waals surface area contributed by atoms with Gasteiger partial charge in [0, 0.05) is 38.9 Å². The Kier molecular flexibility index (Phi) is 5.21. The van der Waals surface area contributed by atoms with Gasteiger partial charge in [0.1, 0.15) is 24.5 Å². The first-order valence-electron chi connectivity index (χ1n) is 9.26. The Hall–Kier alpha value is -3.00. The molecule has 2 aliphatic heterocycles. The summed E-state index contributed by atoms with van der Waals surface area (Å²) in [6.45, 7) is 3.42. The van der Waals surface area contributed by atoms with Crippen LogP contribution in [0.2, 0.25) is 0 Å². The first kappa shape index (κ1) is 18.4. The summed E-state index contributed by atoms with van der Waals surface area (Å²) in [5.74, 6) is 1.62. The number of methoxy groups -OCH3 is 1. The topological polar surface area (TPSA) is 80.2 Å². The summed E-state index contributed by atoms with van der Waals surface area (Å²) >= 11 is 0. The van der Waals surface area contributed by atoms with Crippen molar-refractivity contribution >= 4 is 17.4 Å². The van der Waals surface area contributed by atoms with Gasteiger partial charge in [-0.2, -0.15) is 0 Å². The first-order chi connectivity index (χ1) is 13.7. The molecule has 0 aliphatic carbocycles. The minimum absolute atomic E-state index is 0.0906. The minimum atomic E-state index is 0.0906. The standard InChI is InChI=1S/C20H23N5O3/c1-24-5-6-25(12-19(24)26)18-10-17(22-13-23-18)20-16-9-15(28-8-7-27-2)4-3-14(16)11-21-20/h3-4,9-10,13H,5-8,11-12H2,1-2H3. The first-order valence-corrected chi connectivity index (χ1v) is 9.26. The highest BCUT2D eigenvalue weighted by molar-refractivity contribution is 6.14. The van der Waals surface area contributed by atoms with Crippen molar-refractivity contribution in [3.05, 3.63) is 47.4 Å². The smallest absolute Gasteiger partial charge is 0.241 e. The van der Waals surface area contributed by atoms with Crippen molar-refractivity contribution in [2.24, 2.45) is 4.99 Å². The molecule has 2 aromatic rings. The van der Waals surface area contributed by atoms with Crippen LogP contribution in [0.4, 0.5) is 5.82 Å². The molecule has 0 N–H and O–H groups in total. The highest BCUT2D eigenvalue weighted by Gasteiger charge is 2.24. The zero-order chi connectivity index (χ0) is 19.5. The number of rotatable bonds is 6. The normalized spacial score (nSPS) is 16.2. The summed E-state index contributed by atoms with van der Waals surface area (Å²) in [5, 5.41) is 0. The second-order valence-corrected chi connectivity index (χ2v) is 6.82. The van der Waals surface area contributed by atoms with Crippen LogP contribution >= 0.6 is 0 Å². The molecule has 0 saturated carbocycles. The number of likely N-dealkylation sites (N-methyl/N-ethyl adjacent to an activating group) is 1. The van der Waals surface area contributed by atoms with Crippen LogP contribution in [0.3, 0.4) is 0 Å². The molecule has 2 aliphatic rings. The number of hydrogen-bond donors (Lipinski definition) is 0. The number of fused-ring (bicyclic) bond motifs is 1. The molecule has 28 heavy (non-hydrogen) atoms. The number of carbonyl (C=O) groups is 1. The monoisotopic (exact) mass is 381 g/mol. The Morgan fingerprint density at radius 3 is 2.86 bits per heavy atom. The molecule has 146 valence electrons. The average molecular weight is 381 g/mol. The number of hydrogen-bond acceptors (Lipinski definition) is 7. The van der Waals surface area contributed by atoms with Crippen LogP contribution in [0, 0.1) is 0 Å². The van der Waals surface area contributed by atoms with E-state index >= 15 is 0 Å². The average Bonchev–Trinajstić information content (AvgIpc) is 3.14. The van der Waals surface area contributed by atoms with Crippen molar-refractivity contribution in [1.29, 1.82) is 0 Å². The number of aromatic nitrogens is 2. The maximum absolute atomic E-state index is 12.0. The molecule has 1 saturated heterocycles. The van der Waals surface area contributed by atoms with E-state index in [9.17, 15) is 4.79 Å². The molecule has 8 nitrogen and oxygen atoms in total. The zero-order valence-electron chi connectivity index (χ0n) is 16.1. The molecule has 0 spiro atoms. The molecule has 3 heterocycles. The number of piperazine rings is 1. The molecular weight excluding hydrogens is 358 g/mol. The third-order valence-electron chi connectivity index (χ3n) is 4.98. The highest BCUT2D eigenvalue weighted by atomic mass is 16.5. The van der Waals surface area contributed by atoms with Crippen molar-refractivity contribution in [2.75, 3.05) is 51.9 Å². The Labute approximate surface area is 163 Å². The second kappa shape index (κ2) is 7.93. The van der Waals surface area contributed by atoms with Crippen molar-refractivity contribution in [3.8, 4) is 5.75 Å². The summed E-state index contributed by atoms with van der Waals surface area (Å²) in [6.07, 6.45) is 1.53. The van der Waals surface area contributed by atoms with Crippen LogP contribution in [-0.2, 0) is 16.1 Å². The Morgan fingerprint density at radius 1 is 1.14 bits per heavy atom. The molecule has 0 atom stereocenters. The second-order valence-electron chi connectivity index (χ2n) is 6.82. The van der Waals surface area contributed by atoms with E-state index in [2.05, 4.69) is 15.0 Å². The van der Waals surface area contributed by atoms with Gasteiger partial charge >= 0.3 is 0 Å². The molecule has 0 radical (unpaired) electrons. The lowest BCUT2D eigenvalue weighted by atomic mass is 10.0. The molecule has 0 bridgehead atoms. The number of benzene rings is 1. The van der Waals surface area contributed by atoms with Crippen LogP contribution in [0.15, 0.2) is 35.6 Å². The van der Waals surface area contributed by atoms with Crippen molar-refractivity contribution in [2.45, 2.75) is 6.54 Å². The van der Waals surface area contributed by atoms with E-state index in [1.165, 1.54) is 6.33 Å². The van der Waals surface area contributed by atoms with Crippen LogP contribution in [0.25, 0.3) is 0 Å². The van der Waals surface area contributed by atoms with Crippen LogP contribution < -0.4 is 9.64 Å². The van der Waals surface area contributed by atoms with E-state index in [0.717, 1.165) is 40.6 Å². The van der Waals surface area contributed by atoms with Crippen molar-refractivity contribution < 1.29 is 14.3 Å². The van der Waals surface area contributed by atoms with E-state index in [1.807, 2.05) is 36.2 Å². The van der Waals surface area contributed by atoms with Crippen molar-refractivity contribution in [3.63, 3.8) is 0 Å². The maximum atomic E-state index is 12.0. The summed E-state index contributed by atoms with van der Waals surface area (Å²) in [6, 6.07) is 7.90. The lowest BCUT2D eigenvalue weighted by Gasteiger charge is -2.32. The molecular formula is C20H23N5O3. The Balaban J connectivity index is 1.56. The van der Waals surface area contributed by atoms with Gasteiger partial charge in [0.15, 0.2) is 0 Å². The third kappa shape index (κ3) is 3.68. The molecule has 1 fully saturated rings. The number of anilines is 1. The third-order valence-corrected chi connectivity index (χ3v) is 4.98. The quantitative estimate of drug-likeness (QED) is 0.698. The van der Waals surface area contributed by atoms with Gasteiger partial charge in [0.2, 0.25) is 5.91 Å².